The van der Waals surface area contributed by atoms with E-state index in [9.17, 15) is 22.0 Å². The number of nitrogens with one attached hydrogen (secondary N) is 1. The van der Waals surface area contributed by atoms with Gasteiger partial charge in [0.05, 0.1) is 11.1 Å². The van der Waals surface area contributed by atoms with Crippen LogP contribution in [0.15, 0.2) is 41.3 Å². The molecule has 6 nitrogen and oxygen atoms in total. The van der Waals surface area contributed by atoms with Crippen molar-refractivity contribution in [2.75, 3.05) is 31.5 Å². The van der Waals surface area contributed by atoms with Crippen molar-refractivity contribution in [3.8, 4) is 0 Å². The second-order valence-corrected chi connectivity index (χ2v) is 9.56. The van der Waals surface area contributed by atoms with Crippen LogP contribution in [0.2, 0.25) is 10.0 Å². The molecule has 2 aromatic carbocycles. The van der Waals surface area contributed by atoms with Crippen molar-refractivity contribution in [2.24, 2.45) is 0 Å². The van der Waals surface area contributed by atoms with Gasteiger partial charge in [0.15, 0.2) is 11.6 Å². The first-order chi connectivity index (χ1) is 14.1. The zero-order chi connectivity index (χ0) is 22.1. The molecule has 1 atom stereocenters. The normalized spacial score (nSPS) is 17.0. The molecule has 1 amide bonds. The summed E-state index contributed by atoms with van der Waals surface area (Å²) in [5.41, 5.74) is 0.141. The van der Waals surface area contributed by atoms with Crippen molar-refractivity contribution in [1.82, 2.24) is 9.21 Å². The third-order valence-corrected chi connectivity index (χ3v) is 7.51. The van der Waals surface area contributed by atoms with E-state index >= 15 is 0 Å². The first-order valence-electron chi connectivity index (χ1n) is 9.05. The zero-order valence-electron chi connectivity index (χ0n) is 15.9. The van der Waals surface area contributed by atoms with E-state index in [1.807, 2.05) is 0 Å². The molecule has 0 radical (unpaired) electrons. The monoisotopic (exact) mass is 477 g/mol. The number of piperazine rings is 1. The standard InChI is InChI=1S/C19H19Cl2F2N3O3S/c1-12(19(27)24-14-3-5-16(22)17(23)11-14)25-6-8-26(9-7-25)30(28,29)18-10-13(20)2-4-15(18)21/h2-5,10-12H,6-9H2,1H3,(H,24,27). The fraction of sp³-hybridized carbons (Fsp3) is 0.316. The average Bonchev–Trinajstić information content (AvgIpc) is 2.72. The van der Waals surface area contributed by atoms with Crippen LogP contribution in [0.4, 0.5) is 14.5 Å². The third kappa shape index (κ3) is 4.92. The molecule has 2 aromatic rings. The van der Waals surface area contributed by atoms with Gasteiger partial charge in [-0.3, -0.25) is 9.69 Å². The number of hydrogen-bond donors (Lipinski definition) is 1. The second-order valence-electron chi connectivity index (χ2n) is 6.81. The molecule has 1 fully saturated rings. The number of sulfonamides is 1. The summed E-state index contributed by atoms with van der Waals surface area (Å²) in [6, 6.07) is 6.74. The van der Waals surface area contributed by atoms with Crippen molar-refractivity contribution in [1.29, 1.82) is 0 Å². The summed E-state index contributed by atoms with van der Waals surface area (Å²) in [5.74, 6) is -2.47. The molecule has 0 spiro atoms. The highest BCUT2D eigenvalue weighted by atomic mass is 35.5. The largest absolute Gasteiger partial charge is 0.325 e. The highest BCUT2D eigenvalue weighted by Crippen LogP contribution is 2.28. The lowest BCUT2D eigenvalue weighted by Crippen LogP contribution is -2.53. The molecule has 0 aliphatic carbocycles. The van der Waals surface area contributed by atoms with Crippen LogP contribution >= 0.6 is 23.2 Å². The minimum absolute atomic E-state index is 0.0609. The van der Waals surface area contributed by atoms with Crippen molar-refractivity contribution in [2.45, 2.75) is 17.9 Å². The topological polar surface area (TPSA) is 69.7 Å². The molecule has 30 heavy (non-hydrogen) atoms. The Labute approximate surface area is 183 Å². The Kier molecular flexibility index (Phi) is 6.98. The number of rotatable bonds is 5. The lowest BCUT2D eigenvalue weighted by atomic mass is 10.2. The predicted molar refractivity (Wildman–Crippen MR) is 111 cm³/mol. The fourth-order valence-corrected chi connectivity index (χ4v) is 5.29. The van der Waals surface area contributed by atoms with Gasteiger partial charge in [0.1, 0.15) is 4.90 Å². The Balaban J connectivity index is 1.63. The van der Waals surface area contributed by atoms with Gasteiger partial charge in [-0.1, -0.05) is 23.2 Å². The van der Waals surface area contributed by atoms with Gasteiger partial charge >= 0.3 is 0 Å². The van der Waals surface area contributed by atoms with Crippen molar-refractivity contribution >= 4 is 44.8 Å². The number of hydrogen-bond acceptors (Lipinski definition) is 4. The lowest BCUT2D eigenvalue weighted by Gasteiger charge is -2.36. The van der Waals surface area contributed by atoms with E-state index in [1.165, 1.54) is 28.6 Å². The Morgan fingerprint density at radius 1 is 1.03 bits per heavy atom. The molecule has 1 heterocycles. The van der Waals surface area contributed by atoms with Crippen molar-refractivity contribution in [3.05, 3.63) is 58.1 Å². The van der Waals surface area contributed by atoms with Gasteiger partial charge in [0.25, 0.3) is 0 Å². The summed E-state index contributed by atoms with van der Waals surface area (Å²) >= 11 is 11.9. The molecular formula is C19H19Cl2F2N3O3S. The summed E-state index contributed by atoms with van der Waals surface area (Å²) in [6.45, 7) is 2.60. The summed E-state index contributed by atoms with van der Waals surface area (Å²) < 4.78 is 53.4. The minimum Gasteiger partial charge on any atom is -0.325 e. The predicted octanol–water partition coefficient (Wildman–Crippen LogP) is 3.61. The molecule has 1 unspecified atom stereocenters. The quantitative estimate of drug-likeness (QED) is 0.713. The molecule has 1 aliphatic heterocycles. The maximum absolute atomic E-state index is 13.3. The summed E-state index contributed by atoms with van der Waals surface area (Å²) in [7, 11) is -3.83. The molecule has 1 aliphatic rings. The van der Waals surface area contributed by atoms with E-state index in [4.69, 9.17) is 23.2 Å². The smallest absolute Gasteiger partial charge is 0.244 e. The Bertz CT molecular complexity index is 1060. The molecule has 0 bridgehead atoms. The summed E-state index contributed by atoms with van der Waals surface area (Å²) in [4.78, 5) is 14.2. The van der Waals surface area contributed by atoms with Crippen LogP contribution in [-0.2, 0) is 14.8 Å². The van der Waals surface area contributed by atoms with Crippen LogP contribution in [0.1, 0.15) is 6.92 Å². The van der Waals surface area contributed by atoms with E-state index in [1.54, 1.807) is 11.8 Å². The van der Waals surface area contributed by atoms with E-state index in [-0.39, 0.29) is 33.7 Å². The average molecular weight is 478 g/mol. The van der Waals surface area contributed by atoms with Crippen LogP contribution in [-0.4, -0.2) is 55.8 Å². The van der Waals surface area contributed by atoms with Gasteiger partial charge in [-0.05, 0) is 37.3 Å². The van der Waals surface area contributed by atoms with E-state index < -0.39 is 33.6 Å². The number of halogens is 4. The molecule has 3 rings (SSSR count). The maximum Gasteiger partial charge on any atom is 0.244 e. The van der Waals surface area contributed by atoms with Crippen LogP contribution in [0.25, 0.3) is 0 Å². The van der Waals surface area contributed by atoms with Crippen LogP contribution in [0, 0.1) is 11.6 Å². The number of amides is 1. The number of benzene rings is 2. The first kappa shape index (κ1) is 22.9. The highest BCUT2D eigenvalue weighted by Gasteiger charge is 2.33. The molecule has 11 heteroatoms. The molecule has 162 valence electrons. The maximum atomic E-state index is 13.3. The first-order valence-corrected chi connectivity index (χ1v) is 11.2. The van der Waals surface area contributed by atoms with Crippen LogP contribution in [0.5, 0.6) is 0 Å². The van der Waals surface area contributed by atoms with E-state index in [2.05, 4.69) is 5.32 Å². The molecule has 1 N–H and O–H groups in total. The van der Waals surface area contributed by atoms with Gasteiger partial charge in [-0.2, -0.15) is 4.31 Å². The van der Waals surface area contributed by atoms with Gasteiger partial charge in [-0.25, -0.2) is 17.2 Å². The second kappa shape index (κ2) is 9.15. The Hall–Kier alpha value is -1.78. The number of anilines is 1. The molecule has 0 aromatic heterocycles. The number of nitrogens with zero attached hydrogens (tertiary/aromatic N) is 2. The molecule has 1 saturated heterocycles. The van der Waals surface area contributed by atoms with Gasteiger partial charge < -0.3 is 5.32 Å². The molecule has 0 saturated carbocycles. The summed E-state index contributed by atoms with van der Waals surface area (Å²) in [5, 5.41) is 2.88. The van der Waals surface area contributed by atoms with E-state index in [0.717, 1.165) is 12.1 Å². The Morgan fingerprint density at radius 3 is 2.33 bits per heavy atom. The summed E-state index contributed by atoms with van der Waals surface area (Å²) in [6.07, 6.45) is 0. The van der Waals surface area contributed by atoms with Crippen molar-refractivity contribution in [3.63, 3.8) is 0 Å². The lowest BCUT2D eigenvalue weighted by molar-refractivity contribution is -0.121. The van der Waals surface area contributed by atoms with Crippen LogP contribution < -0.4 is 5.32 Å². The third-order valence-electron chi connectivity index (χ3n) is 4.90. The van der Waals surface area contributed by atoms with Gasteiger partial charge in [0, 0.05) is 43.0 Å². The van der Waals surface area contributed by atoms with Gasteiger partial charge in [-0.15, -0.1) is 0 Å². The SMILES string of the molecule is CC(C(=O)Nc1ccc(F)c(F)c1)N1CCN(S(=O)(=O)c2cc(Cl)ccc2Cl)CC1. The Morgan fingerprint density at radius 2 is 1.70 bits per heavy atom. The van der Waals surface area contributed by atoms with Crippen LogP contribution in [0.3, 0.4) is 0 Å². The fourth-order valence-electron chi connectivity index (χ4n) is 3.13. The number of carbonyl (C=O) groups is 1. The zero-order valence-corrected chi connectivity index (χ0v) is 18.2. The number of carbonyl (C=O) groups excluding carboxylic acids is 1. The van der Waals surface area contributed by atoms with E-state index in [0.29, 0.717) is 13.1 Å². The van der Waals surface area contributed by atoms with Gasteiger partial charge in [0.2, 0.25) is 15.9 Å². The minimum atomic E-state index is -3.83. The molecular weight excluding hydrogens is 459 g/mol. The van der Waals surface area contributed by atoms with Crippen molar-refractivity contribution < 1.29 is 22.0 Å². The highest BCUT2D eigenvalue weighted by molar-refractivity contribution is 7.89.